The molecule has 2 aromatic heterocycles. The number of benzene rings is 1. The van der Waals surface area contributed by atoms with E-state index in [0.29, 0.717) is 30.1 Å². The Labute approximate surface area is 186 Å². The first-order valence-electron chi connectivity index (χ1n) is 10.7. The molecule has 0 bridgehead atoms. The first-order valence-corrected chi connectivity index (χ1v) is 10.7. The number of hydrogen-bond acceptors (Lipinski definition) is 9. The van der Waals surface area contributed by atoms with Gasteiger partial charge in [0.1, 0.15) is 30.2 Å². The summed E-state index contributed by atoms with van der Waals surface area (Å²) in [4.78, 5) is 15.0. The lowest BCUT2D eigenvalue weighted by atomic mass is 10.1. The van der Waals surface area contributed by atoms with Crippen LogP contribution in [0.3, 0.4) is 0 Å². The summed E-state index contributed by atoms with van der Waals surface area (Å²) in [5.74, 6) is -0.361. The zero-order valence-corrected chi connectivity index (χ0v) is 18.5. The van der Waals surface area contributed by atoms with E-state index >= 15 is 0 Å². The SMILES string of the molecule is CN(Cc1ccc(CN)cc1)C[C@H]1O[C@@H](n2cnc3c(N)ncnc32)[C@@H]2OC(C)(C)O[C@@H]21. The number of anilines is 1. The third-order valence-electron chi connectivity index (χ3n) is 5.99. The van der Waals surface area contributed by atoms with Crippen LogP contribution >= 0.6 is 0 Å². The number of ether oxygens (including phenoxy) is 3. The molecule has 0 amide bonds. The maximum Gasteiger partial charge on any atom is 0.167 e. The van der Waals surface area contributed by atoms with E-state index in [9.17, 15) is 0 Å². The molecule has 1 aromatic carbocycles. The van der Waals surface area contributed by atoms with Gasteiger partial charge < -0.3 is 25.7 Å². The third kappa shape index (κ3) is 3.84. The summed E-state index contributed by atoms with van der Waals surface area (Å²) in [5, 5.41) is 0. The summed E-state index contributed by atoms with van der Waals surface area (Å²) in [6.45, 7) is 5.86. The van der Waals surface area contributed by atoms with Crippen LogP contribution < -0.4 is 11.5 Å². The van der Waals surface area contributed by atoms with Crippen LogP contribution in [-0.2, 0) is 27.3 Å². The summed E-state index contributed by atoms with van der Waals surface area (Å²) in [6.07, 6.45) is 1.99. The first kappa shape index (κ1) is 21.2. The smallest absolute Gasteiger partial charge is 0.167 e. The van der Waals surface area contributed by atoms with Crippen molar-refractivity contribution in [2.75, 3.05) is 19.3 Å². The van der Waals surface area contributed by atoms with Crippen LogP contribution in [0.1, 0.15) is 31.2 Å². The minimum atomic E-state index is -0.698. The van der Waals surface area contributed by atoms with Crippen molar-refractivity contribution >= 4 is 17.0 Å². The fourth-order valence-corrected chi connectivity index (χ4v) is 4.55. The lowest BCUT2D eigenvalue weighted by molar-refractivity contribution is -0.197. The van der Waals surface area contributed by atoms with Gasteiger partial charge in [-0.2, -0.15) is 0 Å². The number of nitrogen functional groups attached to an aromatic ring is 1. The van der Waals surface area contributed by atoms with Gasteiger partial charge in [-0.15, -0.1) is 0 Å². The first-order chi connectivity index (χ1) is 15.3. The van der Waals surface area contributed by atoms with Crippen LogP contribution in [-0.4, -0.2) is 62.1 Å². The Kier molecular flexibility index (Phi) is 5.34. The Bertz CT molecular complexity index is 1100. The van der Waals surface area contributed by atoms with Crippen LogP contribution in [0.25, 0.3) is 11.2 Å². The molecule has 0 unspecified atom stereocenters. The quantitative estimate of drug-likeness (QED) is 0.586. The molecular formula is C22H29N7O3. The molecule has 0 aliphatic carbocycles. The summed E-state index contributed by atoms with van der Waals surface area (Å²) < 4.78 is 20.8. The van der Waals surface area contributed by atoms with Gasteiger partial charge in [-0.3, -0.25) is 9.47 Å². The second-order valence-corrected chi connectivity index (χ2v) is 8.93. The summed E-state index contributed by atoms with van der Waals surface area (Å²) in [7, 11) is 2.07. The van der Waals surface area contributed by atoms with E-state index in [1.807, 2.05) is 18.4 Å². The Morgan fingerprint density at radius 2 is 1.78 bits per heavy atom. The van der Waals surface area contributed by atoms with Gasteiger partial charge in [0.25, 0.3) is 0 Å². The van der Waals surface area contributed by atoms with E-state index in [4.69, 9.17) is 25.7 Å². The molecule has 5 rings (SSSR count). The fraction of sp³-hybridized carbons (Fsp3) is 0.500. The minimum Gasteiger partial charge on any atom is -0.382 e. The van der Waals surface area contributed by atoms with Crippen LogP contribution in [0.2, 0.25) is 0 Å². The van der Waals surface area contributed by atoms with Gasteiger partial charge in [-0.25, -0.2) is 15.0 Å². The lowest BCUT2D eigenvalue weighted by Crippen LogP contribution is -2.38. The molecule has 32 heavy (non-hydrogen) atoms. The Morgan fingerprint density at radius 3 is 2.53 bits per heavy atom. The molecule has 0 saturated carbocycles. The van der Waals surface area contributed by atoms with Crippen molar-refractivity contribution in [3.8, 4) is 0 Å². The number of nitrogens with zero attached hydrogens (tertiary/aromatic N) is 5. The molecule has 2 aliphatic rings. The zero-order chi connectivity index (χ0) is 22.5. The predicted octanol–water partition coefficient (Wildman–Crippen LogP) is 1.42. The number of hydrogen-bond donors (Lipinski definition) is 2. The van der Waals surface area contributed by atoms with E-state index in [1.165, 1.54) is 11.9 Å². The second kappa shape index (κ2) is 8.05. The number of rotatable bonds is 6. The maximum atomic E-state index is 6.47. The van der Waals surface area contributed by atoms with E-state index in [0.717, 1.165) is 12.1 Å². The molecule has 170 valence electrons. The highest BCUT2D eigenvalue weighted by Crippen LogP contribution is 2.44. The van der Waals surface area contributed by atoms with Gasteiger partial charge in [0.2, 0.25) is 0 Å². The molecule has 3 aromatic rings. The monoisotopic (exact) mass is 439 g/mol. The molecule has 4 heterocycles. The highest BCUT2D eigenvalue weighted by Gasteiger charge is 2.56. The lowest BCUT2D eigenvalue weighted by Gasteiger charge is -2.27. The molecule has 4 N–H and O–H groups in total. The number of aromatic nitrogens is 4. The highest BCUT2D eigenvalue weighted by atomic mass is 16.8. The maximum absolute atomic E-state index is 6.47. The van der Waals surface area contributed by atoms with Gasteiger partial charge in [0.05, 0.1) is 6.33 Å². The minimum absolute atomic E-state index is 0.184. The third-order valence-corrected chi connectivity index (χ3v) is 5.99. The van der Waals surface area contributed by atoms with Crippen molar-refractivity contribution in [3.63, 3.8) is 0 Å². The van der Waals surface area contributed by atoms with Crippen LogP contribution in [0.5, 0.6) is 0 Å². The Hall–Kier alpha value is -2.63. The largest absolute Gasteiger partial charge is 0.382 e. The number of imidazole rings is 1. The molecule has 10 heteroatoms. The van der Waals surface area contributed by atoms with Gasteiger partial charge in [-0.05, 0) is 32.0 Å². The van der Waals surface area contributed by atoms with Gasteiger partial charge in [-0.1, -0.05) is 24.3 Å². The van der Waals surface area contributed by atoms with Crippen LogP contribution in [0.4, 0.5) is 5.82 Å². The summed E-state index contributed by atoms with van der Waals surface area (Å²) in [6, 6.07) is 8.35. The normalized spacial score (nSPS) is 26.8. The van der Waals surface area contributed by atoms with E-state index in [-0.39, 0.29) is 18.3 Å². The highest BCUT2D eigenvalue weighted by molar-refractivity contribution is 5.81. The molecule has 2 fully saturated rings. The number of fused-ring (bicyclic) bond motifs is 2. The van der Waals surface area contributed by atoms with Crippen molar-refractivity contribution in [2.24, 2.45) is 5.73 Å². The van der Waals surface area contributed by atoms with Crippen LogP contribution in [0.15, 0.2) is 36.9 Å². The van der Waals surface area contributed by atoms with E-state index in [2.05, 4.69) is 51.2 Å². The topological polar surface area (TPSA) is 127 Å². The molecule has 10 nitrogen and oxygen atoms in total. The van der Waals surface area contributed by atoms with Crippen molar-refractivity contribution < 1.29 is 14.2 Å². The van der Waals surface area contributed by atoms with E-state index in [1.54, 1.807) is 6.33 Å². The van der Waals surface area contributed by atoms with Gasteiger partial charge in [0.15, 0.2) is 23.5 Å². The molecular weight excluding hydrogens is 410 g/mol. The standard InChI is InChI=1S/C22H29N7O3/c1-22(2)31-17-15(10-28(3)9-14-6-4-13(8-23)5-7-14)30-21(18(17)32-22)29-12-27-16-19(24)25-11-26-20(16)29/h4-7,11-12,15,17-18,21H,8-10,23H2,1-3H3,(H2,24,25,26)/t15-,17-,18-,21-/m1/s1. The Balaban J connectivity index is 1.36. The average Bonchev–Trinajstić information content (AvgIpc) is 3.41. The predicted molar refractivity (Wildman–Crippen MR) is 118 cm³/mol. The zero-order valence-electron chi connectivity index (χ0n) is 18.5. The fourth-order valence-electron chi connectivity index (χ4n) is 4.55. The summed E-state index contributed by atoms with van der Waals surface area (Å²) in [5.41, 5.74) is 15.2. The van der Waals surface area contributed by atoms with Gasteiger partial charge >= 0.3 is 0 Å². The molecule has 2 saturated heterocycles. The van der Waals surface area contributed by atoms with Crippen LogP contribution in [0, 0.1) is 0 Å². The molecule has 0 radical (unpaired) electrons. The van der Waals surface area contributed by atoms with Crippen molar-refractivity contribution in [3.05, 3.63) is 48.0 Å². The molecule has 4 atom stereocenters. The average molecular weight is 440 g/mol. The van der Waals surface area contributed by atoms with Crippen molar-refractivity contribution in [1.82, 2.24) is 24.4 Å². The van der Waals surface area contributed by atoms with Gasteiger partial charge in [0, 0.05) is 19.6 Å². The van der Waals surface area contributed by atoms with Crippen molar-refractivity contribution in [1.29, 1.82) is 0 Å². The molecule has 0 spiro atoms. The number of nitrogens with two attached hydrogens (primary N) is 2. The van der Waals surface area contributed by atoms with E-state index < -0.39 is 12.0 Å². The summed E-state index contributed by atoms with van der Waals surface area (Å²) >= 11 is 0. The second-order valence-electron chi connectivity index (χ2n) is 8.93. The van der Waals surface area contributed by atoms with Crippen molar-refractivity contribution in [2.45, 2.75) is 57.3 Å². The number of likely N-dealkylation sites (N-methyl/N-ethyl adjacent to an activating group) is 1. The molecule has 2 aliphatic heterocycles. The Morgan fingerprint density at radius 1 is 1.06 bits per heavy atom.